The van der Waals surface area contributed by atoms with Crippen molar-refractivity contribution in [2.75, 3.05) is 46.2 Å². The first-order valence-corrected chi connectivity index (χ1v) is 13.4. The van der Waals surface area contributed by atoms with Crippen LogP contribution in [0.3, 0.4) is 0 Å². The number of ketones is 1. The third-order valence-corrected chi connectivity index (χ3v) is 8.65. The van der Waals surface area contributed by atoms with Gasteiger partial charge in [-0.05, 0) is 0 Å². The summed E-state index contributed by atoms with van der Waals surface area (Å²) in [6, 6.07) is 0.445. The standard InChI is InChI=1S/C28H37BF2N4O6/c1-6-35(11-17(30)31)10-13-9-16(36)19-14(21(13)33(2)3)7-12-8-15-22(34(4)5)24(38)20(27(32)40)25(29)28(15,41)26(39)18(12)23(19)37/h9,12,15,17,22,29,36,38-39,41H,6-8,10-11H2,1-5H3,(H2,32,40)/t12-,15-,22-,28+/m0/s1. The van der Waals surface area contributed by atoms with Gasteiger partial charge >= 0.3 is 216 Å². The van der Waals surface area contributed by atoms with Crippen molar-refractivity contribution in [1.82, 2.24) is 9.80 Å². The molecule has 1 aromatic rings. The van der Waals surface area contributed by atoms with Gasteiger partial charge in [0, 0.05) is 0 Å². The van der Waals surface area contributed by atoms with E-state index in [1.807, 2.05) is 0 Å². The molecule has 1 amide bonds. The number of phenols is 1. The van der Waals surface area contributed by atoms with Crippen molar-refractivity contribution in [3.05, 3.63) is 45.4 Å². The zero-order valence-corrected chi connectivity index (χ0v) is 23.9. The molecule has 222 valence electrons. The van der Waals surface area contributed by atoms with Crippen LogP contribution in [0.1, 0.15) is 34.8 Å². The number of nitrogens with zero attached hydrogens (tertiary/aromatic N) is 3. The Morgan fingerprint density at radius 3 is 2.37 bits per heavy atom. The van der Waals surface area contributed by atoms with E-state index in [1.165, 1.54) is 6.07 Å². The summed E-state index contributed by atoms with van der Waals surface area (Å²) in [5, 5.41) is 45.7. The Labute approximate surface area is 238 Å². The molecule has 10 nitrogen and oxygen atoms in total. The number of likely N-dealkylation sites (N-methyl/N-ethyl adjacent to an activating group) is 1. The minimum atomic E-state index is -2.54. The Bertz CT molecular complexity index is 1380. The van der Waals surface area contributed by atoms with E-state index in [0.29, 0.717) is 23.4 Å². The molecule has 0 radical (unpaired) electrons. The summed E-state index contributed by atoms with van der Waals surface area (Å²) in [7, 11) is 10.6. The summed E-state index contributed by atoms with van der Waals surface area (Å²) < 4.78 is 26.4. The molecular formula is C28H37BF2N4O6. The Morgan fingerprint density at radius 1 is 1.22 bits per heavy atom. The molecule has 6 N–H and O–H groups in total. The Kier molecular flexibility index (Phi) is 8.11. The fourth-order valence-corrected chi connectivity index (χ4v) is 6.96. The SMILES string of the molecule is B=C1C(C(N)=O)=C(O)[C@@H](N(C)C)[C@@H]2C[C@@H]3Cc4c(c(O)cc(CN(CC)CC(F)F)c4N(C)C)C(=O)C3=C(O)[C@]12O. The van der Waals surface area contributed by atoms with Gasteiger partial charge in [-0.1, -0.05) is 6.92 Å². The van der Waals surface area contributed by atoms with Gasteiger partial charge in [-0.25, -0.2) is 8.78 Å². The van der Waals surface area contributed by atoms with E-state index >= 15 is 0 Å². The number of phenolic OH excluding ortho intramolecular Hbond substituents is 1. The van der Waals surface area contributed by atoms with Crippen LogP contribution >= 0.6 is 0 Å². The first-order valence-electron chi connectivity index (χ1n) is 13.4. The number of allylic oxidation sites excluding steroid dienone is 1. The molecule has 0 saturated heterocycles. The molecule has 0 heterocycles. The number of aliphatic hydroxyl groups is 3. The van der Waals surface area contributed by atoms with Crippen LogP contribution in [0.4, 0.5) is 14.5 Å². The zero-order valence-electron chi connectivity index (χ0n) is 23.9. The van der Waals surface area contributed by atoms with Gasteiger partial charge in [0.25, 0.3) is 6.43 Å². The molecule has 0 bridgehead atoms. The van der Waals surface area contributed by atoms with Gasteiger partial charge in [0.15, 0.2) is 0 Å². The van der Waals surface area contributed by atoms with Crippen molar-refractivity contribution in [2.45, 2.75) is 44.4 Å². The normalized spacial score (nSPS) is 26.0. The molecular weight excluding hydrogens is 537 g/mol. The molecule has 0 unspecified atom stereocenters. The van der Waals surface area contributed by atoms with E-state index in [2.05, 4.69) is 7.49 Å². The van der Waals surface area contributed by atoms with Crippen LogP contribution in [-0.2, 0) is 17.8 Å². The predicted molar refractivity (Wildman–Crippen MR) is 152 cm³/mol. The van der Waals surface area contributed by atoms with Gasteiger partial charge in [0.05, 0.1) is 0 Å². The van der Waals surface area contributed by atoms with Crippen molar-refractivity contribution in [3.8, 4) is 5.75 Å². The molecule has 4 atom stereocenters. The van der Waals surface area contributed by atoms with E-state index in [-0.39, 0.29) is 47.5 Å². The number of aliphatic hydroxyl groups excluding tert-OH is 2. The van der Waals surface area contributed by atoms with E-state index in [0.717, 1.165) is 0 Å². The van der Waals surface area contributed by atoms with Gasteiger partial charge in [-0.3, -0.25) is 0 Å². The topological polar surface area (TPSA) is 151 Å². The average molecular weight is 574 g/mol. The number of primary amides is 1. The number of rotatable bonds is 8. The van der Waals surface area contributed by atoms with Crippen molar-refractivity contribution in [2.24, 2.45) is 17.6 Å². The Morgan fingerprint density at radius 2 is 1.85 bits per heavy atom. The fourth-order valence-electron chi connectivity index (χ4n) is 6.96. The van der Waals surface area contributed by atoms with Gasteiger partial charge < -0.3 is 0 Å². The van der Waals surface area contributed by atoms with E-state index in [9.17, 15) is 38.8 Å². The Hall–Kier alpha value is -3.29. The number of anilines is 1. The van der Waals surface area contributed by atoms with Crippen molar-refractivity contribution < 1.29 is 38.8 Å². The number of amides is 1. The van der Waals surface area contributed by atoms with Gasteiger partial charge in [-0.15, -0.1) is 0 Å². The third kappa shape index (κ3) is 4.73. The second-order valence-electron chi connectivity index (χ2n) is 11.5. The van der Waals surface area contributed by atoms with E-state index < -0.39 is 59.5 Å². The zero-order chi connectivity index (χ0) is 30.7. The molecule has 4 rings (SSSR count). The maximum absolute atomic E-state index is 14.0. The molecule has 3 aliphatic rings. The van der Waals surface area contributed by atoms with Crippen LogP contribution in [-0.4, -0.2) is 114 Å². The average Bonchev–Trinajstić information content (AvgIpc) is 2.84. The van der Waals surface area contributed by atoms with Gasteiger partial charge in [0.2, 0.25) is 0 Å². The second-order valence-corrected chi connectivity index (χ2v) is 11.5. The number of alkyl halides is 2. The molecule has 1 aromatic carbocycles. The van der Waals surface area contributed by atoms with Gasteiger partial charge in [0.1, 0.15) is 0 Å². The van der Waals surface area contributed by atoms with Crippen LogP contribution in [0.25, 0.3) is 0 Å². The van der Waals surface area contributed by atoms with Crippen LogP contribution < -0.4 is 10.6 Å². The first-order chi connectivity index (χ1) is 19.1. The quantitative estimate of drug-likeness (QED) is 0.284. The number of hydrogen-bond donors (Lipinski definition) is 5. The molecule has 0 spiro atoms. The fraction of sp³-hybridized carbons (Fsp3) is 0.536. The van der Waals surface area contributed by atoms with E-state index in [4.69, 9.17) is 5.73 Å². The third-order valence-electron chi connectivity index (χ3n) is 8.65. The Balaban J connectivity index is 1.91. The number of carbonyl (C=O) groups is 2. The number of fused-ring (bicyclic) bond motifs is 3. The number of Topliss-reactive ketones (excluding diaryl/α,β-unsaturated/α-hetero) is 1. The number of nitrogens with two attached hydrogens (primary N) is 1. The van der Waals surface area contributed by atoms with E-state index in [1.54, 1.807) is 49.8 Å². The van der Waals surface area contributed by atoms with Crippen LogP contribution in [0, 0.1) is 11.8 Å². The first kappa shape index (κ1) is 30.7. The molecule has 0 aliphatic heterocycles. The van der Waals surface area contributed by atoms with Crippen LogP contribution in [0.2, 0.25) is 0 Å². The van der Waals surface area contributed by atoms with Crippen LogP contribution in [0.5, 0.6) is 5.75 Å². The van der Waals surface area contributed by atoms with Crippen LogP contribution in [0.15, 0.2) is 28.7 Å². The maximum atomic E-state index is 14.0. The summed E-state index contributed by atoms with van der Waals surface area (Å²) in [5.41, 5.74) is 4.03. The molecule has 0 saturated carbocycles. The summed E-state index contributed by atoms with van der Waals surface area (Å²) in [6.07, 6.45) is -2.25. The molecule has 0 fully saturated rings. The number of hydrogen-bond acceptors (Lipinski definition) is 9. The number of aromatic hydroxyl groups is 1. The minimum absolute atomic E-state index is 0.0479. The molecule has 41 heavy (non-hydrogen) atoms. The monoisotopic (exact) mass is 574 g/mol. The molecule has 13 heteroatoms. The summed E-state index contributed by atoms with van der Waals surface area (Å²) in [6.45, 7) is 1.76. The number of halogens is 2. The van der Waals surface area contributed by atoms with Crippen molar-refractivity contribution >= 4 is 30.3 Å². The summed E-state index contributed by atoms with van der Waals surface area (Å²) >= 11 is 0. The molecule has 0 aromatic heterocycles. The number of carbonyl (C=O) groups excluding carboxylic acids is 2. The second kappa shape index (κ2) is 10.8. The summed E-state index contributed by atoms with van der Waals surface area (Å²) in [4.78, 5) is 31.2. The molecule has 3 aliphatic carbocycles. The van der Waals surface area contributed by atoms with Crippen molar-refractivity contribution in [3.63, 3.8) is 0 Å². The van der Waals surface area contributed by atoms with Gasteiger partial charge in [-0.2, -0.15) is 0 Å². The predicted octanol–water partition coefficient (Wildman–Crippen LogP) is 0.778. The number of benzene rings is 1. The summed E-state index contributed by atoms with van der Waals surface area (Å²) in [5.74, 6) is -4.71. The van der Waals surface area contributed by atoms with Crippen molar-refractivity contribution in [1.29, 1.82) is 0 Å².